The van der Waals surface area contributed by atoms with Crippen LogP contribution in [0.1, 0.15) is 26.5 Å². The standard InChI is InChI=1S/C18H27N3O3S/c1-20(2)18(23)16-12-14-11-13(3-4-15(14)25-16)17(22)19-5-6-21-7-9-24-10-8-21/h12-13H,3-11H2,1-2H3,(H,19,22)/t13-/m1/s1. The van der Waals surface area contributed by atoms with E-state index in [0.717, 1.165) is 57.0 Å². The smallest absolute Gasteiger partial charge is 0.263 e. The van der Waals surface area contributed by atoms with Crippen LogP contribution in [0, 0.1) is 5.92 Å². The summed E-state index contributed by atoms with van der Waals surface area (Å²) in [7, 11) is 3.54. The van der Waals surface area contributed by atoms with Crippen LogP contribution in [-0.4, -0.2) is 75.1 Å². The molecule has 7 heteroatoms. The van der Waals surface area contributed by atoms with E-state index in [1.165, 1.54) is 10.4 Å². The number of amides is 2. The molecule has 25 heavy (non-hydrogen) atoms. The van der Waals surface area contributed by atoms with Gasteiger partial charge in [0.15, 0.2) is 0 Å². The predicted octanol–water partition coefficient (Wildman–Crippen LogP) is 1.00. The van der Waals surface area contributed by atoms with Gasteiger partial charge in [0.25, 0.3) is 5.91 Å². The molecule has 0 radical (unpaired) electrons. The predicted molar refractivity (Wildman–Crippen MR) is 98.1 cm³/mol. The van der Waals surface area contributed by atoms with Crippen molar-refractivity contribution in [1.29, 1.82) is 0 Å². The monoisotopic (exact) mass is 365 g/mol. The Hall–Kier alpha value is -1.44. The SMILES string of the molecule is CN(C)C(=O)c1cc2c(s1)CC[C@@H](C(=O)NCCN1CCOCC1)C2. The third-order valence-corrected chi connectivity index (χ3v) is 6.13. The number of thiophene rings is 1. The lowest BCUT2D eigenvalue weighted by Gasteiger charge is -2.27. The highest BCUT2D eigenvalue weighted by Crippen LogP contribution is 2.32. The number of hydrogen-bond donors (Lipinski definition) is 1. The minimum atomic E-state index is 0.0223. The second-order valence-corrected chi connectivity index (χ2v) is 8.08. The van der Waals surface area contributed by atoms with E-state index in [1.54, 1.807) is 30.3 Å². The molecule has 0 saturated carbocycles. The van der Waals surface area contributed by atoms with Crippen molar-refractivity contribution < 1.29 is 14.3 Å². The molecule has 3 rings (SSSR count). The fourth-order valence-corrected chi connectivity index (χ4v) is 4.61. The molecule has 1 saturated heterocycles. The second kappa shape index (κ2) is 8.29. The number of carbonyl (C=O) groups excluding carboxylic acids is 2. The van der Waals surface area contributed by atoms with E-state index in [4.69, 9.17) is 4.74 Å². The number of aryl methyl sites for hydroxylation is 1. The minimum absolute atomic E-state index is 0.0223. The lowest BCUT2D eigenvalue weighted by molar-refractivity contribution is -0.125. The zero-order chi connectivity index (χ0) is 17.8. The van der Waals surface area contributed by atoms with Gasteiger partial charge in [-0.15, -0.1) is 11.3 Å². The van der Waals surface area contributed by atoms with Crippen molar-refractivity contribution >= 4 is 23.2 Å². The number of rotatable bonds is 5. The highest BCUT2D eigenvalue weighted by atomic mass is 32.1. The Kier molecular flexibility index (Phi) is 6.09. The van der Waals surface area contributed by atoms with Crippen LogP contribution in [0.15, 0.2) is 6.07 Å². The molecule has 0 spiro atoms. The molecule has 138 valence electrons. The van der Waals surface area contributed by atoms with Gasteiger partial charge in [0.1, 0.15) is 0 Å². The quantitative estimate of drug-likeness (QED) is 0.846. The van der Waals surface area contributed by atoms with Gasteiger partial charge in [-0.2, -0.15) is 0 Å². The Bertz CT molecular complexity index is 623. The van der Waals surface area contributed by atoms with Gasteiger partial charge in [-0.25, -0.2) is 0 Å². The average Bonchev–Trinajstić information content (AvgIpc) is 3.04. The number of morpholine rings is 1. The largest absolute Gasteiger partial charge is 0.379 e. The first-order valence-electron chi connectivity index (χ1n) is 8.95. The molecule has 1 aromatic heterocycles. The number of hydrogen-bond acceptors (Lipinski definition) is 5. The number of fused-ring (bicyclic) bond motifs is 1. The summed E-state index contributed by atoms with van der Waals surface area (Å²) in [4.78, 5) is 30.6. The van der Waals surface area contributed by atoms with E-state index < -0.39 is 0 Å². The molecule has 1 fully saturated rings. The zero-order valence-electron chi connectivity index (χ0n) is 15.0. The molecule has 0 bridgehead atoms. The van der Waals surface area contributed by atoms with E-state index in [1.807, 2.05) is 6.07 Å². The van der Waals surface area contributed by atoms with Gasteiger partial charge in [-0.1, -0.05) is 0 Å². The summed E-state index contributed by atoms with van der Waals surface area (Å²) in [6.45, 7) is 5.03. The molecule has 0 aromatic carbocycles. The molecular weight excluding hydrogens is 338 g/mol. The van der Waals surface area contributed by atoms with Crippen molar-refractivity contribution in [2.24, 2.45) is 5.92 Å². The molecule has 2 heterocycles. The first-order valence-corrected chi connectivity index (χ1v) is 9.77. The van der Waals surface area contributed by atoms with Gasteiger partial charge in [0.2, 0.25) is 5.91 Å². The average molecular weight is 365 g/mol. The third-order valence-electron chi connectivity index (χ3n) is 4.90. The fourth-order valence-electron chi connectivity index (χ4n) is 3.38. The zero-order valence-corrected chi connectivity index (χ0v) is 15.9. The van der Waals surface area contributed by atoms with Crippen molar-refractivity contribution in [1.82, 2.24) is 15.1 Å². The van der Waals surface area contributed by atoms with E-state index >= 15 is 0 Å². The molecule has 1 aromatic rings. The van der Waals surface area contributed by atoms with Crippen LogP contribution in [0.2, 0.25) is 0 Å². The Morgan fingerprint density at radius 1 is 1.36 bits per heavy atom. The van der Waals surface area contributed by atoms with Crippen molar-refractivity contribution in [2.45, 2.75) is 19.3 Å². The van der Waals surface area contributed by atoms with Crippen molar-refractivity contribution in [3.8, 4) is 0 Å². The number of nitrogens with one attached hydrogen (secondary N) is 1. The Balaban J connectivity index is 1.49. The highest BCUT2D eigenvalue weighted by molar-refractivity contribution is 7.14. The Morgan fingerprint density at radius 3 is 2.84 bits per heavy atom. The van der Waals surface area contributed by atoms with E-state index in [0.29, 0.717) is 6.54 Å². The topological polar surface area (TPSA) is 61.9 Å². The van der Waals surface area contributed by atoms with Gasteiger partial charge < -0.3 is 15.0 Å². The second-order valence-electron chi connectivity index (χ2n) is 6.94. The van der Waals surface area contributed by atoms with E-state index in [-0.39, 0.29) is 17.7 Å². The van der Waals surface area contributed by atoms with Crippen LogP contribution in [0.3, 0.4) is 0 Å². The number of carbonyl (C=O) groups is 2. The van der Waals surface area contributed by atoms with Crippen molar-refractivity contribution in [3.63, 3.8) is 0 Å². The minimum Gasteiger partial charge on any atom is -0.379 e. The first kappa shape index (κ1) is 18.4. The van der Waals surface area contributed by atoms with Gasteiger partial charge in [-0.05, 0) is 30.9 Å². The van der Waals surface area contributed by atoms with E-state index in [9.17, 15) is 9.59 Å². The van der Waals surface area contributed by atoms with Crippen LogP contribution in [0.4, 0.5) is 0 Å². The van der Waals surface area contributed by atoms with Crippen LogP contribution < -0.4 is 5.32 Å². The molecule has 1 atom stereocenters. The summed E-state index contributed by atoms with van der Waals surface area (Å²) in [6, 6.07) is 1.98. The Labute approximate surface area is 153 Å². The maximum Gasteiger partial charge on any atom is 0.263 e. The molecule has 1 aliphatic heterocycles. The number of ether oxygens (including phenoxy) is 1. The van der Waals surface area contributed by atoms with Crippen LogP contribution in [0.25, 0.3) is 0 Å². The molecular formula is C18H27N3O3S. The van der Waals surface area contributed by atoms with Crippen molar-refractivity contribution in [3.05, 3.63) is 21.4 Å². The van der Waals surface area contributed by atoms with Crippen molar-refractivity contribution in [2.75, 3.05) is 53.5 Å². The van der Waals surface area contributed by atoms with Crippen LogP contribution in [-0.2, 0) is 22.4 Å². The number of nitrogens with zero attached hydrogens (tertiary/aromatic N) is 2. The molecule has 1 N–H and O–H groups in total. The first-order chi connectivity index (χ1) is 12.0. The van der Waals surface area contributed by atoms with Gasteiger partial charge in [-0.3, -0.25) is 14.5 Å². The van der Waals surface area contributed by atoms with Crippen LogP contribution in [0.5, 0.6) is 0 Å². The molecule has 1 aliphatic carbocycles. The summed E-state index contributed by atoms with van der Waals surface area (Å²) in [5, 5.41) is 3.09. The normalized spacial score (nSPS) is 20.8. The molecule has 6 nitrogen and oxygen atoms in total. The van der Waals surface area contributed by atoms with E-state index in [2.05, 4.69) is 10.2 Å². The maximum absolute atomic E-state index is 12.5. The lowest BCUT2D eigenvalue weighted by atomic mass is 9.88. The lowest BCUT2D eigenvalue weighted by Crippen LogP contribution is -2.43. The van der Waals surface area contributed by atoms with Gasteiger partial charge in [0.05, 0.1) is 18.1 Å². The third kappa shape index (κ3) is 4.59. The molecule has 2 aliphatic rings. The molecule has 2 amide bonds. The fraction of sp³-hybridized carbons (Fsp3) is 0.667. The Morgan fingerprint density at radius 2 is 2.12 bits per heavy atom. The summed E-state index contributed by atoms with van der Waals surface area (Å²) in [5.74, 6) is 0.214. The molecule has 0 unspecified atom stereocenters. The van der Waals surface area contributed by atoms with Gasteiger partial charge in [0, 0.05) is 51.1 Å². The summed E-state index contributed by atoms with van der Waals surface area (Å²) in [5.41, 5.74) is 1.18. The van der Waals surface area contributed by atoms with Gasteiger partial charge >= 0.3 is 0 Å². The summed E-state index contributed by atoms with van der Waals surface area (Å²) < 4.78 is 5.33. The highest BCUT2D eigenvalue weighted by Gasteiger charge is 2.27. The van der Waals surface area contributed by atoms with Crippen LogP contribution >= 0.6 is 11.3 Å². The summed E-state index contributed by atoms with van der Waals surface area (Å²) in [6.07, 6.45) is 2.50. The maximum atomic E-state index is 12.5. The summed E-state index contributed by atoms with van der Waals surface area (Å²) >= 11 is 1.58.